The zero-order valence-electron chi connectivity index (χ0n) is 11.1. The minimum atomic E-state index is -0.867. The van der Waals surface area contributed by atoms with E-state index in [0.717, 1.165) is 14.2 Å². The number of thiocarbonyl (C=S) groups is 1. The predicted octanol–water partition coefficient (Wildman–Crippen LogP) is 3.89. The van der Waals surface area contributed by atoms with Crippen LogP contribution in [0.5, 0.6) is 0 Å². The van der Waals surface area contributed by atoms with Gasteiger partial charge in [-0.25, -0.2) is 0 Å². The van der Waals surface area contributed by atoms with Crippen molar-refractivity contribution in [2.45, 2.75) is 19.8 Å². The number of nitrogens with zero attached hydrogens (tertiary/aromatic N) is 1. The minimum absolute atomic E-state index is 0.0335. The number of carbonyl (C=O) groups is 2. The molecule has 1 N–H and O–H groups in total. The number of thioether (sulfide) groups is 1. The van der Waals surface area contributed by atoms with Crippen molar-refractivity contribution >= 4 is 73.5 Å². The van der Waals surface area contributed by atoms with Crippen LogP contribution in [0.1, 0.15) is 22.6 Å². The summed E-state index contributed by atoms with van der Waals surface area (Å²) in [6.07, 6.45) is 2.26. The van der Waals surface area contributed by atoms with Gasteiger partial charge < -0.3 is 5.11 Å². The molecule has 1 aromatic heterocycles. The molecule has 1 aromatic rings. The van der Waals surface area contributed by atoms with Crippen molar-refractivity contribution in [1.29, 1.82) is 0 Å². The highest BCUT2D eigenvalue weighted by Gasteiger charge is 2.31. The minimum Gasteiger partial charge on any atom is -0.481 e. The highest BCUT2D eigenvalue weighted by atomic mass is 79.9. The highest BCUT2D eigenvalue weighted by Crippen LogP contribution is 2.36. The average molecular weight is 406 g/mol. The van der Waals surface area contributed by atoms with Crippen LogP contribution in [-0.4, -0.2) is 32.7 Å². The van der Waals surface area contributed by atoms with Crippen molar-refractivity contribution in [3.8, 4) is 0 Å². The molecule has 1 amide bonds. The molecule has 2 heterocycles. The van der Waals surface area contributed by atoms with Gasteiger partial charge in [0.2, 0.25) is 0 Å². The molecule has 0 aromatic carbocycles. The van der Waals surface area contributed by atoms with Crippen LogP contribution in [0.25, 0.3) is 6.08 Å². The monoisotopic (exact) mass is 405 g/mol. The second kappa shape index (κ2) is 7.04. The molecular formula is C13H12BrNO3S3. The van der Waals surface area contributed by atoms with Gasteiger partial charge in [-0.05, 0) is 41.4 Å². The molecule has 1 fully saturated rings. The van der Waals surface area contributed by atoms with Crippen LogP contribution < -0.4 is 0 Å². The molecule has 4 nitrogen and oxygen atoms in total. The summed E-state index contributed by atoms with van der Waals surface area (Å²) >= 11 is 11.5. The lowest BCUT2D eigenvalue weighted by Crippen LogP contribution is -2.29. The number of thiophene rings is 1. The fraction of sp³-hybridized carbons (Fsp3) is 0.308. The van der Waals surface area contributed by atoms with E-state index in [0.29, 0.717) is 22.2 Å². The van der Waals surface area contributed by atoms with Crippen LogP contribution in [0.15, 0.2) is 15.4 Å². The molecule has 0 bridgehead atoms. The van der Waals surface area contributed by atoms with Gasteiger partial charge in [0.05, 0.1) is 4.91 Å². The first-order valence-corrected chi connectivity index (χ1v) is 8.95. The van der Waals surface area contributed by atoms with E-state index in [4.69, 9.17) is 17.3 Å². The number of aryl methyl sites for hydroxylation is 1. The molecule has 8 heteroatoms. The average Bonchev–Trinajstić information content (AvgIpc) is 2.83. The van der Waals surface area contributed by atoms with E-state index >= 15 is 0 Å². The third-order valence-corrected chi connectivity index (χ3v) is 6.04. The molecule has 112 valence electrons. The number of carbonyl (C=O) groups excluding carboxylic acids is 1. The molecule has 0 radical (unpaired) electrons. The van der Waals surface area contributed by atoms with Crippen LogP contribution in [0.2, 0.25) is 0 Å². The molecule has 1 aliphatic rings. The molecule has 2 rings (SSSR count). The van der Waals surface area contributed by atoms with Crippen molar-refractivity contribution in [3.63, 3.8) is 0 Å². The predicted molar refractivity (Wildman–Crippen MR) is 93.5 cm³/mol. The van der Waals surface area contributed by atoms with Crippen LogP contribution in [0, 0.1) is 6.92 Å². The van der Waals surface area contributed by atoms with Crippen LogP contribution in [-0.2, 0) is 9.59 Å². The molecule has 0 atom stereocenters. The quantitative estimate of drug-likeness (QED) is 0.594. The summed E-state index contributed by atoms with van der Waals surface area (Å²) in [7, 11) is 0. The van der Waals surface area contributed by atoms with E-state index in [-0.39, 0.29) is 12.3 Å². The molecule has 1 aliphatic heterocycles. The molecular weight excluding hydrogens is 394 g/mol. The first-order chi connectivity index (χ1) is 9.88. The maximum Gasteiger partial charge on any atom is 0.303 e. The van der Waals surface area contributed by atoms with Crippen LogP contribution >= 0.6 is 51.2 Å². The number of carboxylic acid groups (broad SMARTS) is 1. The van der Waals surface area contributed by atoms with E-state index in [2.05, 4.69) is 15.9 Å². The first-order valence-electron chi connectivity index (χ1n) is 6.11. The Labute approximate surface area is 144 Å². The van der Waals surface area contributed by atoms with E-state index in [1.165, 1.54) is 16.7 Å². The Morgan fingerprint density at radius 1 is 1.57 bits per heavy atom. The number of amides is 1. The van der Waals surface area contributed by atoms with Gasteiger partial charge in [0.25, 0.3) is 5.91 Å². The van der Waals surface area contributed by atoms with Crippen molar-refractivity contribution in [2.24, 2.45) is 0 Å². The summed E-state index contributed by atoms with van der Waals surface area (Å²) in [4.78, 5) is 27.0. The van der Waals surface area contributed by atoms with Gasteiger partial charge in [-0.15, -0.1) is 11.3 Å². The van der Waals surface area contributed by atoms with Crippen molar-refractivity contribution in [3.05, 3.63) is 25.2 Å². The summed E-state index contributed by atoms with van der Waals surface area (Å²) in [5.41, 5.74) is 0. The lowest BCUT2D eigenvalue weighted by molar-refractivity contribution is -0.137. The van der Waals surface area contributed by atoms with Gasteiger partial charge in [-0.2, -0.15) is 0 Å². The van der Waals surface area contributed by atoms with Crippen LogP contribution in [0.4, 0.5) is 0 Å². The fourth-order valence-corrected chi connectivity index (χ4v) is 4.87. The second-order valence-electron chi connectivity index (χ2n) is 4.40. The Hall–Kier alpha value is -0.700. The summed E-state index contributed by atoms with van der Waals surface area (Å²) in [5, 5.41) is 8.64. The molecule has 0 saturated carbocycles. The van der Waals surface area contributed by atoms with Gasteiger partial charge in [0.15, 0.2) is 0 Å². The van der Waals surface area contributed by atoms with Gasteiger partial charge in [0.1, 0.15) is 4.32 Å². The maximum absolute atomic E-state index is 12.3. The van der Waals surface area contributed by atoms with E-state index in [1.807, 2.05) is 19.1 Å². The fourth-order valence-electron chi connectivity index (χ4n) is 1.80. The molecule has 21 heavy (non-hydrogen) atoms. The maximum atomic E-state index is 12.3. The Bertz CT molecular complexity index is 639. The Balaban J connectivity index is 2.10. The topological polar surface area (TPSA) is 57.6 Å². The first kappa shape index (κ1) is 16.7. The standard InChI is InChI=1S/C13H12BrNO3S3/c1-7-5-8(14)9(20-7)6-10-12(18)15(13(19)21-10)4-2-3-11(16)17/h5-6H,2-4H2,1H3,(H,16,17). The van der Waals surface area contributed by atoms with Crippen molar-refractivity contribution in [2.75, 3.05) is 6.54 Å². The van der Waals surface area contributed by atoms with Gasteiger partial charge in [0, 0.05) is 27.2 Å². The molecule has 0 spiro atoms. The zero-order valence-corrected chi connectivity index (χ0v) is 15.1. The Morgan fingerprint density at radius 2 is 2.29 bits per heavy atom. The zero-order chi connectivity index (χ0) is 15.6. The number of hydrogen-bond donors (Lipinski definition) is 1. The third kappa shape index (κ3) is 4.15. The third-order valence-electron chi connectivity index (χ3n) is 2.74. The van der Waals surface area contributed by atoms with Gasteiger partial charge in [-0.1, -0.05) is 24.0 Å². The highest BCUT2D eigenvalue weighted by molar-refractivity contribution is 9.10. The summed E-state index contributed by atoms with van der Waals surface area (Å²) < 4.78 is 1.45. The molecule has 0 aliphatic carbocycles. The van der Waals surface area contributed by atoms with E-state index in [9.17, 15) is 9.59 Å². The lowest BCUT2D eigenvalue weighted by atomic mass is 10.3. The molecule has 1 saturated heterocycles. The lowest BCUT2D eigenvalue weighted by Gasteiger charge is -2.13. The number of hydrogen-bond acceptors (Lipinski definition) is 5. The summed E-state index contributed by atoms with van der Waals surface area (Å²) in [5.74, 6) is -1.01. The number of carboxylic acids is 1. The number of aliphatic carboxylic acids is 1. The SMILES string of the molecule is Cc1cc(Br)c(C=C2SC(=S)N(CCCC(=O)O)C2=O)s1. The van der Waals surface area contributed by atoms with Crippen molar-refractivity contribution in [1.82, 2.24) is 4.90 Å². The van der Waals surface area contributed by atoms with Crippen molar-refractivity contribution < 1.29 is 14.7 Å². The summed E-state index contributed by atoms with van der Waals surface area (Å²) in [6.45, 7) is 2.35. The van der Waals surface area contributed by atoms with E-state index < -0.39 is 5.97 Å². The van der Waals surface area contributed by atoms with Crippen LogP contribution in [0.3, 0.4) is 0 Å². The summed E-state index contributed by atoms with van der Waals surface area (Å²) in [6, 6.07) is 2.00. The number of halogens is 1. The molecule has 0 unspecified atom stereocenters. The Morgan fingerprint density at radius 3 is 2.86 bits per heavy atom. The smallest absolute Gasteiger partial charge is 0.303 e. The van der Waals surface area contributed by atoms with Gasteiger partial charge >= 0.3 is 5.97 Å². The largest absolute Gasteiger partial charge is 0.481 e. The van der Waals surface area contributed by atoms with E-state index in [1.54, 1.807) is 11.3 Å². The van der Waals surface area contributed by atoms with Gasteiger partial charge in [-0.3, -0.25) is 14.5 Å². The normalized spacial score (nSPS) is 17.0. The number of rotatable bonds is 5. The second-order valence-corrected chi connectivity index (χ2v) is 8.22. The Kier molecular flexibility index (Phi) is 5.59.